The predicted molar refractivity (Wildman–Crippen MR) is 142 cm³/mol. The lowest BCUT2D eigenvalue weighted by molar-refractivity contribution is -0.140. The minimum Gasteiger partial charge on any atom is -0.354 e. The van der Waals surface area contributed by atoms with Crippen LogP contribution in [0.3, 0.4) is 0 Å². The molecule has 2 amide bonds. The van der Waals surface area contributed by atoms with Crippen LogP contribution in [0.4, 0.5) is 18.9 Å². The molecule has 1 atom stereocenters. The first-order valence-corrected chi connectivity index (χ1v) is 14.4. The molecule has 0 saturated carbocycles. The quantitative estimate of drug-likeness (QED) is 0.331. The van der Waals surface area contributed by atoms with Gasteiger partial charge in [0.1, 0.15) is 6.04 Å². The summed E-state index contributed by atoms with van der Waals surface area (Å²) in [6.07, 6.45) is -2.16. The Morgan fingerprint density at radius 1 is 1.08 bits per heavy atom. The number of alkyl halides is 3. The van der Waals surface area contributed by atoms with Gasteiger partial charge in [0.05, 0.1) is 17.5 Å². The van der Waals surface area contributed by atoms with Crippen molar-refractivity contribution in [3.8, 4) is 0 Å². The highest BCUT2D eigenvalue weighted by atomic mass is 35.5. The van der Waals surface area contributed by atoms with Gasteiger partial charge in [-0.05, 0) is 55.7 Å². The molecule has 0 aliphatic rings. The van der Waals surface area contributed by atoms with Gasteiger partial charge in [0.2, 0.25) is 21.8 Å². The lowest BCUT2D eigenvalue weighted by Gasteiger charge is -2.29. The van der Waals surface area contributed by atoms with Gasteiger partial charge in [0.25, 0.3) is 0 Å². The van der Waals surface area contributed by atoms with E-state index in [1.807, 2.05) is 6.92 Å². The number of unbranched alkanes of at least 4 members (excludes halogenated alkanes) is 1. The Labute approximate surface area is 227 Å². The fraction of sp³-hybridized carbons (Fsp3) is 0.462. The first kappa shape index (κ1) is 31.4. The van der Waals surface area contributed by atoms with Crippen LogP contribution in [0.2, 0.25) is 5.02 Å². The zero-order valence-corrected chi connectivity index (χ0v) is 23.2. The molecule has 2 aromatic carbocycles. The summed E-state index contributed by atoms with van der Waals surface area (Å²) < 4.78 is 65.1. The monoisotopic (exact) mass is 575 g/mol. The second kappa shape index (κ2) is 13.8. The van der Waals surface area contributed by atoms with E-state index >= 15 is 0 Å². The second-order valence-corrected chi connectivity index (χ2v) is 11.3. The summed E-state index contributed by atoms with van der Waals surface area (Å²) in [6, 6.07) is 10.1. The van der Waals surface area contributed by atoms with E-state index in [1.54, 1.807) is 31.2 Å². The van der Waals surface area contributed by atoms with E-state index in [0.29, 0.717) is 17.1 Å². The van der Waals surface area contributed by atoms with Crippen LogP contribution in [-0.4, -0.2) is 50.5 Å². The summed E-state index contributed by atoms with van der Waals surface area (Å²) in [5, 5.41) is 3.28. The predicted octanol–water partition coefficient (Wildman–Crippen LogP) is 5.24. The summed E-state index contributed by atoms with van der Waals surface area (Å²) in [5.74, 6) is -0.726. The lowest BCUT2D eigenvalue weighted by atomic mass is 10.1. The molecule has 7 nitrogen and oxygen atoms in total. The number of anilines is 1. The topological polar surface area (TPSA) is 86.8 Å². The van der Waals surface area contributed by atoms with E-state index in [0.717, 1.165) is 41.6 Å². The maximum Gasteiger partial charge on any atom is 0.416 e. The third-order valence-electron chi connectivity index (χ3n) is 5.85. The van der Waals surface area contributed by atoms with Crippen molar-refractivity contribution >= 4 is 39.1 Å². The maximum absolute atomic E-state index is 13.3. The first-order valence-electron chi connectivity index (χ1n) is 12.2. The molecule has 210 valence electrons. The van der Waals surface area contributed by atoms with Crippen LogP contribution in [0.25, 0.3) is 0 Å². The molecule has 0 spiro atoms. The molecule has 0 radical (unpaired) electrons. The van der Waals surface area contributed by atoms with Crippen molar-refractivity contribution in [1.29, 1.82) is 0 Å². The van der Waals surface area contributed by atoms with Crippen LogP contribution in [0.15, 0.2) is 48.5 Å². The van der Waals surface area contributed by atoms with Crippen LogP contribution in [0.5, 0.6) is 0 Å². The molecule has 0 saturated heterocycles. The van der Waals surface area contributed by atoms with Crippen LogP contribution in [0.1, 0.15) is 50.7 Å². The van der Waals surface area contributed by atoms with Crippen LogP contribution < -0.4 is 9.62 Å². The minimum absolute atomic E-state index is 0.0262. The molecular weight excluding hydrogens is 543 g/mol. The number of hydrogen-bond acceptors (Lipinski definition) is 4. The van der Waals surface area contributed by atoms with Crippen LogP contribution in [0, 0.1) is 0 Å². The summed E-state index contributed by atoms with van der Waals surface area (Å²) in [7, 11) is -3.93. The molecule has 12 heteroatoms. The number of nitrogens with one attached hydrogen (secondary N) is 1. The van der Waals surface area contributed by atoms with Crippen molar-refractivity contribution in [1.82, 2.24) is 10.2 Å². The van der Waals surface area contributed by atoms with E-state index in [2.05, 4.69) is 5.32 Å². The number of halogens is 4. The number of nitrogens with zero attached hydrogens (tertiary/aromatic N) is 2. The summed E-state index contributed by atoms with van der Waals surface area (Å²) in [4.78, 5) is 27.4. The standard InChI is InChI=1S/C26H33ClF3N3O4S/c1-4-5-14-31-25(35)19(2)32(18-20-9-6-11-22(27)16-20)24(34)13-8-15-33(38(3,36)37)23-12-7-10-21(17-23)26(28,29)30/h6-7,9-12,16-17,19H,4-5,8,13-15,18H2,1-3H3,(H,31,35)/t19-/m1/s1. The fourth-order valence-corrected chi connectivity index (χ4v) is 4.96. The minimum atomic E-state index is -4.64. The van der Waals surface area contributed by atoms with Gasteiger partial charge in [-0.15, -0.1) is 0 Å². The fourth-order valence-electron chi connectivity index (χ4n) is 3.79. The number of amides is 2. The third kappa shape index (κ3) is 9.50. The summed E-state index contributed by atoms with van der Waals surface area (Å²) in [5.41, 5.74) is -0.412. The van der Waals surface area contributed by atoms with Gasteiger partial charge in [0.15, 0.2) is 0 Å². The molecule has 0 aliphatic heterocycles. The highest BCUT2D eigenvalue weighted by molar-refractivity contribution is 7.92. The van der Waals surface area contributed by atoms with E-state index in [-0.39, 0.29) is 37.5 Å². The zero-order chi connectivity index (χ0) is 28.5. The first-order chi connectivity index (χ1) is 17.7. The van der Waals surface area contributed by atoms with Gasteiger partial charge in [-0.2, -0.15) is 13.2 Å². The third-order valence-corrected chi connectivity index (χ3v) is 7.28. The second-order valence-electron chi connectivity index (χ2n) is 8.96. The highest BCUT2D eigenvalue weighted by Crippen LogP contribution is 2.32. The van der Waals surface area contributed by atoms with Crippen LogP contribution in [-0.2, 0) is 32.3 Å². The molecule has 0 fully saturated rings. The van der Waals surface area contributed by atoms with E-state index in [4.69, 9.17) is 11.6 Å². The molecule has 38 heavy (non-hydrogen) atoms. The summed E-state index contributed by atoms with van der Waals surface area (Å²) in [6.45, 7) is 3.96. The maximum atomic E-state index is 13.3. The van der Waals surface area contributed by atoms with Crippen molar-refractivity contribution in [2.24, 2.45) is 0 Å². The molecule has 2 aromatic rings. The molecule has 0 bridgehead atoms. The van der Waals surface area contributed by atoms with Gasteiger partial charge in [-0.25, -0.2) is 8.42 Å². The number of benzene rings is 2. The van der Waals surface area contributed by atoms with Crippen molar-refractivity contribution < 1.29 is 31.2 Å². The number of sulfonamides is 1. The largest absolute Gasteiger partial charge is 0.416 e. The Morgan fingerprint density at radius 3 is 2.37 bits per heavy atom. The highest BCUT2D eigenvalue weighted by Gasteiger charge is 2.32. The lowest BCUT2D eigenvalue weighted by Crippen LogP contribution is -2.48. The van der Waals surface area contributed by atoms with Gasteiger partial charge >= 0.3 is 6.18 Å². The SMILES string of the molecule is CCCCNC(=O)[C@@H](C)N(Cc1cccc(Cl)c1)C(=O)CCCN(c1cccc(C(F)(F)F)c1)S(C)(=O)=O. The normalized spacial score (nSPS) is 12.6. The Bertz CT molecular complexity index is 1210. The molecule has 0 aromatic heterocycles. The molecule has 0 heterocycles. The van der Waals surface area contributed by atoms with E-state index in [9.17, 15) is 31.2 Å². The molecule has 2 rings (SSSR count). The van der Waals surface area contributed by atoms with Gasteiger partial charge in [0, 0.05) is 31.1 Å². The average molecular weight is 576 g/mol. The van der Waals surface area contributed by atoms with Gasteiger partial charge in [-0.3, -0.25) is 13.9 Å². The molecular formula is C26H33ClF3N3O4S. The number of rotatable bonds is 13. The molecule has 0 unspecified atom stereocenters. The zero-order valence-electron chi connectivity index (χ0n) is 21.6. The Kier molecular flexibility index (Phi) is 11.4. The Hall–Kier alpha value is -2.79. The van der Waals surface area contributed by atoms with Gasteiger partial charge < -0.3 is 10.2 Å². The van der Waals surface area contributed by atoms with E-state index in [1.165, 1.54) is 11.0 Å². The van der Waals surface area contributed by atoms with Crippen LogP contribution >= 0.6 is 11.6 Å². The average Bonchev–Trinajstić information content (AvgIpc) is 2.83. The Balaban J connectivity index is 2.19. The van der Waals surface area contributed by atoms with Crippen molar-refractivity contribution in [2.75, 3.05) is 23.7 Å². The van der Waals surface area contributed by atoms with Crippen molar-refractivity contribution in [3.05, 3.63) is 64.7 Å². The summed E-state index contributed by atoms with van der Waals surface area (Å²) >= 11 is 6.08. The van der Waals surface area contributed by atoms with Gasteiger partial charge in [-0.1, -0.05) is 43.1 Å². The number of hydrogen-bond donors (Lipinski definition) is 1. The van der Waals surface area contributed by atoms with Crippen molar-refractivity contribution in [2.45, 2.75) is 58.3 Å². The number of carbonyl (C=O) groups excluding carboxylic acids is 2. The van der Waals surface area contributed by atoms with E-state index < -0.39 is 33.7 Å². The van der Waals surface area contributed by atoms with Crippen molar-refractivity contribution in [3.63, 3.8) is 0 Å². The molecule has 0 aliphatic carbocycles. The Morgan fingerprint density at radius 2 is 1.76 bits per heavy atom. The number of carbonyl (C=O) groups is 2. The smallest absolute Gasteiger partial charge is 0.354 e. The molecule has 1 N–H and O–H groups in total.